The van der Waals surface area contributed by atoms with E-state index in [1.165, 1.54) is 38.5 Å². The molecule has 4 rings (SSSR count). The fourth-order valence-electron chi connectivity index (χ4n) is 7.69. The van der Waals surface area contributed by atoms with E-state index in [1.807, 2.05) is 6.08 Å². The Morgan fingerprint density at radius 1 is 1.16 bits per heavy atom. The van der Waals surface area contributed by atoms with Gasteiger partial charge < -0.3 is 5.11 Å². The van der Waals surface area contributed by atoms with Crippen molar-refractivity contribution in [3.63, 3.8) is 0 Å². The number of hydrogen-bond acceptors (Lipinski definition) is 1. The minimum absolute atomic E-state index is 0.0905. The van der Waals surface area contributed by atoms with Crippen LogP contribution in [0.15, 0.2) is 36.0 Å². The normalized spacial score (nSPS) is 49.7. The van der Waals surface area contributed by atoms with Gasteiger partial charge >= 0.3 is 0 Å². The van der Waals surface area contributed by atoms with E-state index in [0.717, 1.165) is 36.5 Å². The molecule has 4 unspecified atom stereocenters. The zero-order chi connectivity index (χ0) is 17.8. The summed E-state index contributed by atoms with van der Waals surface area (Å²) in [6.07, 6.45) is 16.6. The molecule has 3 fully saturated rings. The Balaban J connectivity index is 1.64. The van der Waals surface area contributed by atoms with Crippen molar-refractivity contribution in [1.82, 2.24) is 0 Å². The summed E-state index contributed by atoms with van der Waals surface area (Å²) in [5.74, 6) is 3.35. The molecule has 0 aromatic rings. The number of fused-ring (bicyclic) bond motifs is 5. The molecule has 0 amide bonds. The second-order valence-electron chi connectivity index (χ2n) is 9.98. The van der Waals surface area contributed by atoms with Crippen molar-refractivity contribution in [2.45, 2.75) is 78.2 Å². The van der Waals surface area contributed by atoms with Gasteiger partial charge in [0, 0.05) is 0 Å². The van der Waals surface area contributed by atoms with E-state index in [2.05, 4.69) is 39.5 Å². The first kappa shape index (κ1) is 17.6. The minimum Gasteiger partial charge on any atom is -0.393 e. The third-order valence-corrected chi connectivity index (χ3v) is 9.01. The fourth-order valence-corrected chi connectivity index (χ4v) is 7.69. The fraction of sp³-hybridized carbons (Fsp3) is 0.750. The van der Waals surface area contributed by atoms with Crippen molar-refractivity contribution >= 4 is 0 Å². The standard InChI is InChI=1S/C24H36O/c1-5-6-16(2)20-9-10-21-19-8-7-17-15-18(25)11-13-23(17,3)22(19)12-14-24(20,21)4/h5-7,18-22,25H,1,8-15H2,2-4H3/b16-6+/t18-,19?,20?,21?,22?,23-,24+/m0/s1. The van der Waals surface area contributed by atoms with Crippen molar-refractivity contribution in [2.75, 3.05) is 0 Å². The largest absolute Gasteiger partial charge is 0.393 e. The van der Waals surface area contributed by atoms with Crippen molar-refractivity contribution in [3.05, 3.63) is 36.0 Å². The Kier molecular flexibility index (Phi) is 4.30. The van der Waals surface area contributed by atoms with E-state index in [1.54, 1.807) is 11.1 Å². The molecule has 7 atom stereocenters. The van der Waals surface area contributed by atoms with Crippen LogP contribution in [0.3, 0.4) is 0 Å². The molecule has 4 aliphatic carbocycles. The number of aliphatic hydroxyl groups is 1. The SMILES string of the molecule is C=C/C=C(\C)C1CCC2C3CC=C4C[C@@H](O)CC[C@]4(C)C3CC[C@]12C. The van der Waals surface area contributed by atoms with Crippen LogP contribution in [0, 0.1) is 34.5 Å². The van der Waals surface area contributed by atoms with Gasteiger partial charge in [0.2, 0.25) is 0 Å². The molecule has 0 heterocycles. The lowest BCUT2D eigenvalue weighted by Gasteiger charge is -2.58. The lowest BCUT2D eigenvalue weighted by atomic mass is 9.47. The van der Waals surface area contributed by atoms with Crippen molar-refractivity contribution in [2.24, 2.45) is 34.5 Å². The van der Waals surface area contributed by atoms with E-state index in [9.17, 15) is 5.11 Å². The smallest absolute Gasteiger partial charge is 0.0577 e. The van der Waals surface area contributed by atoms with Crippen LogP contribution < -0.4 is 0 Å². The van der Waals surface area contributed by atoms with Crippen molar-refractivity contribution < 1.29 is 5.11 Å². The van der Waals surface area contributed by atoms with Gasteiger partial charge in [0.1, 0.15) is 0 Å². The summed E-state index contributed by atoms with van der Waals surface area (Å²) in [5.41, 5.74) is 4.00. The molecule has 1 nitrogen and oxygen atoms in total. The van der Waals surface area contributed by atoms with Crippen LogP contribution in [0.1, 0.15) is 72.1 Å². The maximum Gasteiger partial charge on any atom is 0.0577 e. The van der Waals surface area contributed by atoms with Gasteiger partial charge in [-0.2, -0.15) is 0 Å². The van der Waals surface area contributed by atoms with Gasteiger partial charge in [-0.05, 0) is 92.8 Å². The van der Waals surface area contributed by atoms with Crippen molar-refractivity contribution in [1.29, 1.82) is 0 Å². The Bertz CT molecular complexity index is 614. The number of allylic oxidation sites excluding steroid dienone is 4. The van der Waals surface area contributed by atoms with Crippen LogP contribution in [0.4, 0.5) is 0 Å². The van der Waals surface area contributed by atoms with Gasteiger partial charge in [-0.15, -0.1) is 0 Å². The third kappa shape index (κ3) is 2.52. The van der Waals surface area contributed by atoms with Crippen LogP contribution in [0.25, 0.3) is 0 Å². The Hall–Kier alpha value is -0.820. The van der Waals surface area contributed by atoms with E-state index in [-0.39, 0.29) is 6.10 Å². The van der Waals surface area contributed by atoms with Crippen molar-refractivity contribution in [3.8, 4) is 0 Å². The van der Waals surface area contributed by atoms with Crippen LogP contribution in [-0.2, 0) is 0 Å². The molecule has 0 aliphatic heterocycles. The second-order valence-corrected chi connectivity index (χ2v) is 9.98. The van der Waals surface area contributed by atoms with E-state index >= 15 is 0 Å². The van der Waals surface area contributed by atoms with Crippen LogP contribution in [0.5, 0.6) is 0 Å². The summed E-state index contributed by atoms with van der Waals surface area (Å²) in [7, 11) is 0. The monoisotopic (exact) mass is 340 g/mol. The van der Waals surface area contributed by atoms with E-state index in [0.29, 0.717) is 10.8 Å². The number of aliphatic hydroxyl groups excluding tert-OH is 1. The van der Waals surface area contributed by atoms with Gasteiger partial charge in [-0.3, -0.25) is 0 Å². The molecule has 0 spiro atoms. The highest BCUT2D eigenvalue weighted by molar-refractivity contribution is 5.27. The molecule has 3 saturated carbocycles. The predicted molar refractivity (Wildman–Crippen MR) is 105 cm³/mol. The first-order chi connectivity index (χ1) is 11.9. The number of hydrogen-bond donors (Lipinski definition) is 1. The zero-order valence-electron chi connectivity index (χ0n) is 16.4. The molecule has 1 heteroatoms. The summed E-state index contributed by atoms with van der Waals surface area (Å²) in [4.78, 5) is 0. The first-order valence-corrected chi connectivity index (χ1v) is 10.6. The summed E-state index contributed by atoms with van der Waals surface area (Å²) >= 11 is 0. The molecule has 0 radical (unpaired) electrons. The van der Waals surface area contributed by atoms with Crippen LogP contribution in [0.2, 0.25) is 0 Å². The Morgan fingerprint density at radius 3 is 2.72 bits per heavy atom. The minimum atomic E-state index is -0.0905. The van der Waals surface area contributed by atoms with Crippen LogP contribution in [-0.4, -0.2) is 11.2 Å². The molecule has 25 heavy (non-hydrogen) atoms. The summed E-state index contributed by atoms with van der Waals surface area (Å²) < 4.78 is 0. The van der Waals surface area contributed by atoms with Gasteiger partial charge in [-0.25, -0.2) is 0 Å². The molecule has 0 bridgehead atoms. The Labute approximate surface area is 154 Å². The quantitative estimate of drug-likeness (QED) is 0.478. The predicted octanol–water partition coefficient (Wildman–Crippen LogP) is 6.06. The average Bonchev–Trinajstić information content (AvgIpc) is 2.93. The van der Waals surface area contributed by atoms with Gasteiger partial charge in [0.05, 0.1) is 6.10 Å². The summed E-state index contributed by atoms with van der Waals surface area (Å²) in [5, 5.41) is 10.1. The second kappa shape index (κ2) is 6.12. The third-order valence-electron chi connectivity index (χ3n) is 9.01. The highest BCUT2D eigenvalue weighted by atomic mass is 16.3. The average molecular weight is 341 g/mol. The van der Waals surface area contributed by atoms with Gasteiger partial charge in [0.15, 0.2) is 0 Å². The molecule has 4 aliphatic rings. The van der Waals surface area contributed by atoms with E-state index in [4.69, 9.17) is 0 Å². The Morgan fingerprint density at radius 2 is 1.96 bits per heavy atom. The maximum atomic E-state index is 10.1. The van der Waals surface area contributed by atoms with E-state index < -0.39 is 0 Å². The summed E-state index contributed by atoms with van der Waals surface area (Å²) in [6.45, 7) is 11.4. The van der Waals surface area contributed by atoms with Crippen LogP contribution >= 0.6 is 0 Å². The lowest BCUT2D eigenvalue weighted by molar-refractivity contribution is -0.0454. The highest BCUT2D eigenvalue weighted by Crippen LogP contribution is 2.67. The molecule has 138 valence electrons. The molecule has 0 aromatic carbocycles. The van der Waals surface area contributed by atoms with Gasteiger partial charge in [-0.1, -0.05) is 49.8 Å². The topological polar surface area (TPSA) is 20.2 Å². The molecular formula is C24H36O. The molecular weight excluding hydrogens is 304 g/mol. The number of rotatable bonds is 2. The highest BCUT2D eigenvalue weighted by Gasteiger charge is 2.58. The first-order valence-electron chi connectivity index (χ1n) is 10.6. The molecule has 0 aromatic heterocycles. The van der Waals surface area contributed by atoms with Gasteiger partial charge in [0.25, 0.3) is 0 Å². The lowest BCUT2D eigenvalue weighted by Crippen LogP contribution is -2.50. The molecule has 1 N–H and O–H groups in total. The zero-order valence-corrected chi connectivity index (χ0v) is 16.4. The maximum absolute atomic E-state index is 10.1. The molecule has 0 saturated heterocycles. The summed E-state index contributed by atoms with van der Waals surface area (Å²) in [6, 6.07) is 0.